The van der Waals surface area contributed by atoms with Crippen LogP contribution in [-0.2, 0) is 28.2 Å². The molecular formula is C16H19N3O4S2. The van der Waals surface area contributed by atoms with Crippen LogP contribution >= 0.6 is 23.1 Å². The number of carbonyl (C=O) groups excluding carboxylic acids is 1. The molecule has 2 aromatic heterocycles. The average Bonchev–Trinajstić information content (AvgIpc) is 3.11. The Bertz CT molecular complexity index is 874. The highest BCUT2D eigenvalue weighted by molar-refractivity contribution is 7.98. The van der Waals surface area contributed by atoms with Crippen molar-refractivity contribution in [2.24, 2.45) is 0 Å². The first-order chi connectivity index (χ1) is 12.0. The minimum atomic E-state index is -1.06. The molecule has 0 bridgehead atoms. The van der Waals surface area contributed by atoms with E-state index in [0.29, 0.717) is 17.3 Å². The number of aliphatic carboxylic acids is 1. The Balaban J connectivity index is 1.55. The second kappa shape index (κ2) is 7.57. The predicted molar refractivity (Wildman–Crippen MR) is 98.3 cm³/mol. The summed E-state index contributed by atoms with van der Waals surface area (Å²) in [5.41, 5.74) is 1.09. The molecule has 2 heterocycles. The van der Waals surface area contributed by atoms with E-state index in [0.717, 1.165) is 35.0 Å². The molecule has 0 radical (unpaired) electrons. The van der Waals surface area contributed by atoms with Crippen molar-refractivity contribution in [3.8, 4) is 0 Å². The molecule has 134 valence electrons. The Morgan fingerprint density at radius 1 is 1.44 bits per heavy atom. The summed E-state index contributed by atoms with van der Waals surface area (Å²) in [5, 5.41) is 11.9. The third-order valence-corrected chi connectivity index (χ3v) is 6.24. The Morgan fingerprint density at radius 3 is 3.00 bits per heavy atom. The van der Waals surface area contributed by atoms with Crippen molar-refractivity contribution in [2.75, 3.05) is 5.75 Å². The summed E-state index contributed by atoms with van der Waals surface area (Å²) in [6.45, 7) is 1.43. The van der Waals surface area contributed by atoms with Crippen LogP contribution in [0.15, 0.2) is 4.79 Å². The van der Waals surface area contributed by atoms with Crippen LogP contribution in [0.5, 0.6) is 0 Å². The second-order valence-electron chi connectivity index (χ2n) is 5.98. The first-order valence-corrected chi connectivity index (χ1v) is 10.1. The van der Waals surface area contributed by atoms with Crippen molar-refractivity contribution in [2.45, 2.75) is 44.4 Å². The van der Waals surface area contributed by atoms with Gasteiger partial charge in [-0.05, 0) is 31.7 Å². The van der Waals surface area contributed by atoms with Gasteiger partial charge in [-0.2, -0.15) is 11.8 Å². The summed E-state index contributed by atoms with van der Waals surface area (Å²) in [6.07, 6.45) is 3.32. The average molecular weight is 381 g/mol. The topological polar surface area (TPSA) is 112 Å². The summed E-state index contributed by atoms with van der Waals surface area (Å²) in [6, 6.07) is -0.890. The summed E-state index contributed by atoms with van der Waals surface area (Å²) >= 11 is 3.09. The standard InChI is InChI=1S/C16H19N3O4S2/c1-8(16(22)23)17-12(20)5-6-24-7-11-18-14(21)13-9-3-2-4-10(9)25-15(13)19-11/h8H,2-7H2,1H3,(H,17,20)(H,22,23)(H,18,19,21)/t8-/m0/s1. The third-order valence-electron chi connectivity index (χ3n) is 4.08. The third kappa shape index (κ3) is 4.04. The Morgan fingerprint density at radius 2 is 2.24 bits per heavy atom. The first kappa shape index (κ1) is 17.9. The maximum atomic E-state index is 12.3. The molecular weight excluding hydrogens is 362 g/mol. The number of aryl methyl sites for hydroxylation is 2. The smallest absolute Gasteiger partial charge is 0.325 e. The number of hydrogen-bond donors (Lipinski definition) is 3. The number of nitrogens with one attached hydrogen (secondary N) is 2. The molecule has 0 aliphatic heterocycles. The van der Waals surface area contributed by atoms with Gasteiger partial charge in [-0.25, -0.2) is 4.98 Å². The molecule has 25 heavy (non-hydrogen) atoms. The van der Waals surface area contributed by atoms with Crippen LogP contribution < -0.4 is 10.9 Å². The molecule has 1 amide bonds. The number of rotatable bonds is 7. The molecule has 0 aromatic carbocycles. The van der Waals surface area contributed by atoms with Crippen LogP contribution in [0.25, 0.3) is 10.2 Å². The SMILES string of the molecule is C[C@H](NC(=O)CCSCc1nc2sc3c(c2c(=O)[nH]1)CCC3)C(=O)O. The number of aromatic amines is 1. The number of H-pyrrole nitrogens is 1. The van der Waals surface area contributed by atoms with Gasteiger partial charge in [-0.15, -0.1) is 11.3 Å². The van der Waals surface area contributed by atoms with Crippen molar-refractivity contribution in [1.82, 2.24) is 15.3 Å². The molecule has 3 N–H and O–H groups in total. The molecule has 9 heteroatoms. The molecule has 3 rings (SSSR count). The number of nitrogens with zero attached hydrogens (tertiary/aromatic N) is 1. The zero-order valence-electron chi connectivity index (χ0n) is 13.8. The van der Waals surface area contributed by atoms with E-state index >= 15 is 0 Å². The van der Waals surface area contributed by atoms with Gasteiger partial charge < -0.3 is 15.4 Å². The van der Waals surface area contributed by atoms with Gasteiger partial charge in [0.1, 0.15) is 16.7 Å². The highest BCUT2D eigenvalue weighted by Crippen LogP contribution is 2.34. The van der Waals surface area contributed by atoms with Gasteiger partial charge >= 0.3 is 5.97 Å². The lowest BCUT2D eigenvalue weighted by Gasteiger charge is -2.08. The highest BCUT2D eigenvalue weighted by Gasteiger charge is 2.21. The molecule has 0 saturated carbocycles. The van der Waals surface area contributed by atoms with Gasteiger partial charge in [0, 0.05) is 17.1 Å². The Kier molecular flexibility index (Phi) is 5.43. The van der Waals surface area contributed by atoms with Crippen molar-refractivity contribution in [3.63, 3.8) is 0 Å². The van der Waals surface area contributed by atoms with Crippen LogP contribution in [0.3, 0.4) is 0 Å². The quantitative estimate of drug-likeness (QED) is 0.629. The number of carbonyl (C=O) groups is 2. The van der Waals surface area contributed by atoms with E-state index in [-0.39, 0.29) is 17.9 Å². The van der Waals surface area contributed by atoms with E-state index in [1.807, 2.05) is 0 Å². The fourth-order valence-electron chi connectivity index (χ4n) is 2.82. The number of fused-ring (bicyclic) bond motifs is 3. The molecule has 2 aromatic rings. The molecule has 0 fully saturated rings. The fraction of sp³-hybridized carbons (Fsp3) is 0.500. The van der Waals surface area contributed by atoms with E-state index in [1.54, 1.807) is 11.3 Å². The summed E-state index contributed by atoms with van der Waals surface area (Å²) in [4.78, 5) is 44.1. The fourth-order valence-corrected chi connectivity index (χ4v) is 4.91. The van der Waals surface area contributed by atoms with Gasteiger partial charge in [0.25, 0.3) is 5.56 Å². The normalized spacial score (nSPS) is 14.4. The minimum absolute atomic E-state index is 0.0759. The molecule has 1 aliphatic carbocycles. The number of carboxylic acid groups (broad SMARTS) is 1. The molecule has 1 atom stereocenters. The van der Waals surface area contributed by atoms with Gasteiger partial charge in [0.05, 0.1) is 11.1 Å². The van der Waals surface area contributed by atoms with E-state index in [1.165, 1.54) is 23.6 Å². The number of hydrogen-bond acceptors (Lipinski definition) is 6. The second-order valence-corrected chi connectivity index (χ2v) is 8.17. The van der Waals surface area contributed by atoms with Gasteiger partial charge in [0.15, 0.2) is 0 Å². The van der Waals surface area contributed by atoms with Crippen molar-refractivity contribution >= 4 is 45.2 Å². The first-order valence-electron chi connectivity index (χ1n) is 8.09. The molecule has 7 nitrogen and oxygen atoms in total. The minimum Gasteiger partial charge on any atom is -0.480 e. The zero-order valence-corrected chi connectivity index (χ0v) is 15.4. The summed E-state index contributed by atoms with van der Waals surface area (Å²) in [7, 11) is 0. The lowest BCUT2D eigenvalue weighted by Crippen LogP contribution is -2.38. The van der Waals surface area contributed by atoms with Crippen LogP contribution in [0.1, 0.15) is 36.0 Å². The van der Waals surface area contributed by atoms with E-state index < -0.39 is 12.0 Å². The van der Waals surface area contributed by atoms with E-state index in [4.69, 9.17) is 5.11 Å². The maximum Gasteiger partial charge on any atom is 0.325 e. The van der Waals surface area contributed by atoms with Crippen LogP contribution in [0.4, 0.5) is 0 Å². The molecule has 0 spiro atoms. The zero-order chi connectivity index (χ0) is 18.0. The van der Waals surface area contributed by atoms with Crippen LogP contribution in [-0.4, -0.2) is 38.7 Å². The largest absolute Gasteiger partial charge is 0.480 e. The van der Waals surface area contributed by atoms with Gasteiger partial charge in [0.2, 0.25) is 5.91 Å². The van der Waals surface area contributed by atoms with E-state index in [2.05, 4.69) is 15.3 Å². The Hall–Kier alpha value is -1.87. The lowest BCUT2D eigenvalue weighted by molar-refractivity contribution is -0.141. The lowest BCUT2D eigenvalue weighted by atomic mass is 10.2. The van der Waals surface area contributed by atoms with Crippen molar-refractivity contribution < 1.29 is 14.7 Å². The van der Waals surface area contributed by atoms with Crippen LogP contribution in [0, 0.1) is 0 Å². The van der Waals surface area contributed by atoms with Gasteiger partial charge in [-0.1, -0.05) is 0 Å². The molecule has 1 aliphatic rings. The number of aromatic nitrogens is 2. The number of carboxylic acids is 1. The van der Waals surface area contributed by atoms with Crippen molar-refractivity contribution in [1.29, 1.82) is 0 Å². The summed E-state index contributed by atoms with van der Waals surface area (Å²) in [5.74, 6) is 0.297. The monoisotopic (exact) mass is 381 g/mol. The highest BCUT2D eigenvalue weighted by atomic mass is 32.2. The van der Waals surface area contributed by atoms with Gasteiger partial charge in [-0.3, -0.25) is 14.4 Å². The number of thiophene rings is 1. The van der Waals surface area contributed by atoms with Crippen molar-refractivity contribution in [3.05, 3.63) is 26.6 Å². The molecule has 0 saturated heterocycles. The Labute approximate surface area is 152 Å². The van der Waals surface area contributed by atoms with E-state index in [9.17, 15) is 14.4 Å². The predicted octanol–water partition coefficient (Wildman–Crippen LogP) is 1.69. The molecule has 0 unspecified atom stereocenters. The maximum absolute atomic E-state index is 12.3. The van der Waals surface area contributed by atoms with Crippen LogP contribution in [0.2, 0.25) is 0 Å². The number of amides is 1. The summed E-state index contributed by atoms with van der Waals surface area (Å²) < 4.78 is 0. The number of thioether (sulfide) groups is 1.